The third-order valence-corrected chi connectivity index (χ3v) is 1.73. The predicted octanol–water partition coefficient (Wildman–Crippen LogP) is 2.36. The molecule has 1 fully saturated rings. The van der Waals surface area contributed by atoms with Crippen LogP contribution in [0.3, 0.4) is 0 Å². The Balaban J connectivity index is 2.61. The van der Waals surface area contributed by atoms with Gasteiger partial charge in [0.2, 0.25) is 0 Å². The Morgan fingerprint density at radius 3 is 2.00 bits per heavy atom. The van der Waals surface area contributed by atoms with E-state index in [2.05, 4.69) is 26.8 Å². The lowest BCUT2D eigenvalue weighted by atomic mass is 10.2. The molecule has 0 N–H and O–H groups in total. The summed E-state index contributed by atoms with van der Waals surface area (Å²) in [5.74, 6) is 0. The highest BCUT2D eigenvalue weighted by molar-refractivity contribution is 5.28. The van der Waals surface area contributed by atoms with Crippen molar-refractivity contribution < 1.29 is 0 Å². The molecule has 7 heavy (non-hydrogen) atoms. The monoisotopic (exact) mass is 96.1 g/mol. The first-order valence-corrected chi connectivity index (χ1v) is 2.82. The van der Waals surface area contributed by atoms with Crippen LogP contribution in [0.25, 0.3) is 0 Å². The second-order valence-corrected chi connectivity index (χ2v) is 2.87. The smallest absolute Gasteiger partial charge is 0.0107 e. The summed E-state index contributed by atoms with van der Waals surface area (Å²) in [5, 5.41) is 0. The van der Waals surface area contributed by atoms with Crippen LogP contribution in [0.1, 0.15) is 27.2 Å². The minimum absolute atomic E-state index is 0.578. The van der Waals surface area contributed by atoms with Crippen molar-refractivity contribution in [1.29, 1.82) is 0 Å². The van der Waals surface area contributed by atoms with Crippen molar-refractivity contribution in [3.05, 3.63) is 11.6 Å². The molecule has 1 rings (SSSR count). The van der Waals surface area contributed by atoms with Crippen LogP contribution in [0, 0.1) is 5.41 Å². The molecule has 0 unspecified atom stereocenters. The Labute approximate surface area is 45.2 Å². The molecule has 0 aromatic carbocycles. The summed E-state index contributed by atoms with van der Waals surface area (Å²) in [4.78, 5) is 0. The van der Waals surface area contributed by atoms with Gasteiger partial charge in [-0.05, 0) is 18.8 Å². The molecule has 0 heterocycles. The van der Waals surface area contributed by atoms with Crippen LogP contribution in [-0.4, -0.2) is 0 Å². The molecule has 1 saturated carbocycles. The van der Waals surface area contributed by atoms with Gasteiger partial charge in [-0.3, -0.25) is 0 Å². The van der Waals surface area contributed by atoms with Crippen LogP contribution in [0.2, 0.25) is 0 Å². The van der Waals surface area contributed by atoms with Crippen LogP contribution >= 0.6 is 0 Å². The SMILES string of the molecule is C/C=C1/CC1(C)C. The molecule has 0 saturated heterocycles. The summed E-state index contributed by atoms with van der Waals surface area (Å²) < 4.78 is 0. The largest absolute Gasteiger partial charge is 0.0879 e. The third-order valence-electron chi connectivity index (χ3n) is 1.73. The normalized spacial score (nSPS) is 31.0. The zero-order chi connectivity index (χ0) is 5.49. The topological polar surface area (TPSA) is 0 Å². The lowest BCUT2D eigenvalue weighted by Crippen LogP contribution is -1.78. The quantitative estimate of drug-likeness (QED) is 0.406. The first kappa shape index (κ1) is 4.89. The van der Waals surface area contributed by atoms with Crippen molar-refractivity contribution in [3.63, 3.8) is 0 Å². The van der Waals surface area contributed by atoms with Crippen molar-refractivity contribution in [3.8, 4) is 0 Å². The van der Waals surface area contributed by atoms with Gasteiger partial charge in [0.05, 0.1) is 0 Å². The molecule has 0 aliphatic heterocycles. The molecule has 0 aromatic rings. The predicted molar refractivity (Wildman–Crippen MR) is 32.2 cm³/mol. The van der Waals surface area contributed by atoms with E-state index in [1.165, 1.54) is 6.42 Å². The molecule has 0 bridgehead atoms. The summed E-state index contributed by atoms with van der Waals surface area (Å²) in [5.41, 5.74) is 2.20. The molecule has 0 aromatic heterocycles. The minimum Gasteiger partial charge on any atom is -0.0879 e. The van der Waals surface area contributed by atoms with Crippen molar-refractivity contribution >= 4 is 0 Å². The van der Waals surface area contributed by atoms with Gasteiger partial charge in [0.15, 0.2) is 0 Å². The van der Waals surface area contributed by atoms with E-state index < -0.39 is 0 Å². The maximum Gasteiger partial charge on any atom is -0.0107 e. The van der Waals surface area contributed by atoms with Crippen LogP contribution in [-0.2, 0) is 0 Å². The first-order valence-electron chi connectivity index (χ1n) is 2.82. The third kappa shape index (κ3) is 0.696. The van der Waals surface area contributed by atoms with E-state index in [-0.39, 0.29) is 0 Å². The highest BCUT2D eigenvalue weighted by atomic mass is 14.4. The lowest BCUT2D eigenvalue weighted by Gasteiger charge is -1.88. The minimum atomic E-state index is 0.578. The number of hydrogen-bond acceptors (Lipinski definition) is 0. The molecule has 0 heteroatoms. The Bertz CT molecular complexity index is 107. The molecular formula is C7H12. The fourth-order valence-corrected chi connectivity index (χ4v) is 0.925. The van der Waals surface area contributed by atoms with Crippen LogP contribution in [0.5, 0.6) is 0 Å². The van der Waals surface area contributed by atoms with Crippen molar-refractivity contribution in [2.75, 3.05) is 0 Å². The lowest BCUT2D eigenvalue weighted by molar-refractivity contribution is 0.686. The van der Waals surface area contributed by atoms with E-state index in [0.717, 1.165) is 0 Å². The van der Waals surface area contributed by atoms with Crippen molar-refractivity contribution in [2.45, 2.75) is 27.2 Å². The molecule has 1 aliphatic carbocycles. The zero-order valence-corrected chi connectivity index (χ0v) is 5.28. The van der Waals surface area contributed by atoms with Crippen molar-refractivity contribution in [1.82, 2.24) is 0 Å². The molecule has 0 radical (unpaired) electrons. The Kier molecular flexibility index (Phi) is 0.781. The van der Waals surface area contributed by atoms with Gasteiger partial charge in [-0.1, -0.05) is 25.5 Å². The molecule has 0 atom stereocenters. The highest BCUT2D eigenvalue weighted by Crippen LogP contribution is 2.50. The average Bonchev–Trinajstić information content (AvgIpc) is 2.13. The fourth-order valence-electron chi connectivity index (χ4n) is 0.925. The molecule has 40 valence electrons. The van der Waals surface area contributed by atoms with Gasteiger partial charge in [0.25, 0.3) is 0 Å². The van der Waals surface area contributed by atoms with Gasteiger partial charge in [-0.25, -0.2) is 0 Å². The first-order chi connectivity index (χ1) is 3.17. The fraction of sp³-hybridized carbons (Fsp3) is 0.714. The molecule has 0 nitrogen and oxygen atoms in total. The molecular weight excluding hydrogens is 84.1 g/mol. The summed E-state index contributed by atoms with van der Waals surface area (Å²) >= 11 is 0. The number of allylic oxidation sites excluding steroid dienone is 2. The van der Waals surface area contributed by atoms with E-state index in [0.29, 0.717) is 5.41 Å². The van der Waals surface area contributed by atoms with E-state index in [9.17, 15) is 0 Å². The summed E-state index contributed by atoms with van der Waals surface area (Å²) in [6, 6.07) is 0. The van der Waals surface area contributed by atoms with E-state index in [1.807, 2.05) is 0 Å². The Morgan fingerprint density at radius 1 is 1.57 bits per heavy atom. The number of hydrogen-bond donors (Lipinski definition) is 0. The van der Waals surface area contributed by atoms with Gasteiger partial charge in [0, 0.05) is 0 Å². The van der Waals surface area contributed by atoms with Crippen LogP contribution in [0.4, 0.5) is 0 Å². The average molecular weight is 96.2 g/mol. The highest BCUT2D eigenvalue weighted by Gasteiger charge is 2.37. The van der Waals surface area contributed by atoms with Crippen LogP contribution in [0.15, 0.2) is 11.6 Å². The van der Waals surface area contributed by atoms with Crippen LogP contribution < -0.4 is 0 Å². The second kappa shape index (κ2) is 1.12. The zero-order valence-electron chi connectivity index (χ0n) is 5.28. The van der Waals surface area contributed by atoms with E-state index in [1.54, 1.807) is 5.57 Å². The Hall–Kier alpha value is -0.260. The van der Waals surface area contributed by atoms with Gasteiger partial charge in [0.1, 0.15) is 0 Å². The maximum absolute atomic E-state index is 2.28. The summed E-state index contributed by atoms with van der Waals surface area (Å²) in [6.07, 6.45) is 3.55. The molecule has 0 spiro atoms. The maximum atomic E-state index is 2.28. The van der Waals surface area contributed by atoms with Gasteiger partial charge in [-0.2, -0.15) is 0 Å². The summed E-state index contributed by atoms with van der Waals surface area (Å²) in [7, 11) is 0. The Morgan fingerprint density at radius 2 is 2.00 bits per heavy atom. The second-order valence-electron chi connectivity index (χ2n) is 2.87. The summed E-state index contributed by atoms with van der Waals surface area (Å²) in [6.45, 7) is 6.68. The number of rotatable bonds is 0. The van der Waals surface area contributed by atoms with Crippen molar-refractivity contribution in [2.24, 2.45) is 5.41 Å². The molecule has 1 aliphatic rings. The van der Waals surface area contributed by atoms with Gasteiger partial charge >= 0.3 is 0 Å². The van der Waals surface area contributed by atoms with E-state index >= 15 is 0 Å². The van der Waals surface area contributed by atoms with Gasteiger partial charge in [-0.15, -0.1) is 0 Å². The molecule has 0 amide bonds. The van der Waals surface area contributed by atoms with Gasteiger partial charge < -0.3 is 0 Å². The van der Waals surface area contributed by atoms with E-state index in [4.69, 9.17) is 0 Å². The standard InChI is InChI=1S/C7H12/c1-4-6-5-7(6,2)3/h4H,5H2,1-3H3/b6-4-.